The van der Waals surface area contributed by atoms with Gasteiger partial charge in [0.05, 0.1) is 6.26 Å². The smallest absolute Gasteiger partial charge is 0.453 e. The highest BCUT2D eigenvalue weighted by molar-refractivity contribution is 6.00. The molecule has 3 heterocycles. The van der Waals surface area contributed by atoms with Crippen molar-refractivity contribution in [3.05, 3.63) is 77.1 Å². The second-order valence-corrected chi connectivity index (χ2v) is 7.08. The Hall–Kier alpha value is -3.36. The van der Waals surface area contributed by atoms with E-state index in [2.05, 4.69) is 15.4 Å². The monoisotopic (exact) mass is 400 g/mol. The maximum atomic E-state index is 13.2. The Balaban J connectivity index is 1.61. The predicted molar refractivity (Wildman–Crippen MR) is 95.9 cm³/mol. The number of furan rings is 1. The first-order chi connectivity index (χ1) is 13.9. The molecule has 0 unspecified atom stereocenters. The zero-order valence-corrected chi connectivity index (χ0v) is 15.0. The van der Waals surface area contributed by atoms with Crippen LogP contribution in [0.3, 0.4) is 0 Å². The van der Waals surface area contributed by atoms with Crippen LogP contribution in [-0.2, 0) is 11.0 Å². The van der Waals surface area contributed by atoms with Crippen molar-refractivity contribution in [2.75, 3.05) is 5.32 Å². The van der Waals surface area contributed by atoms with E-state index in [1.165, 1.54) is 6.26 Å². The number of nitrogens with zero attached hydrogens (tertiary/aromatic N) is 3. The third-order valence-electron chi connectivity index (χ3n) is 5.26. The number of alkyl halides is 3. The first kappa shape index (κ1) is 17.7. The predicted octanol–water partition coefficient (Wildman–Crippen LogP) is 4.31. The number of carbonyl (C=O) groups is 1. The number of rotatable bonds is 2. The Kier molecular flexibility index (Phi) is 3.87. The number of Topliss-reactive ketones (excluding diaryl/α,β-unsaturated/α-hetero) is 1. The van der Waals surface area contributed by atoms with E-state index in [4.69, 9.17) is 4.42 Å². The highest BCUT2D eigenvalue weighted by atomic mass is 19.4. The average molecular weight is 400 g/mol. The fourth-order valence-corrected chi connectivity index (χ4v) is 4.00. The molecule has 0 fully saturated rings. The van der Waals surface area contributed by atoms with Gasteiger partial charge in [-0.15, -0.1) is 5.10 Å². The van der Waals surface area contributed by atoms with Crippen molar-refractivity contribution in [2.24, 2.45) is 0 Å². The molecule has 0 bridgehead atoms. The Morgan fingerprint density at radius 3 is 2.59 bits per heavy atom. The van der Waals surface area contributed by atoms with Crippen LogP contribution in [0.2, 0.25) is 0 Å². The molecule has 2 aromatic heterocycles. The molecule has 5 rings (SSSR count). The van der Waals surface area contributed by atoms with Crippen LogP contribution in [-0.4, -0.2) is 20.5 Å². The molecule has 1 aliphatic carbocycles. The van der Waals surface area contributed by atoms with Crippen molar-refractivity contribution in [3.63, 3.8) is 0 Å². The molecule has 148 valence electrons. The summed E-state index contributed by atoms with van der Waals surface area (Å²) in [6, 6.07) is 11.9. The highest BCUT2D eigenvalue weighted by Gasteiger charge is 2.44. The molecule has 0 saturated heterocycles. The van der Waals surface area contributed by atoms with E-state index in [0.717, 1.165) is 10.2 Å². The van der Waals surface area contributed by atoms with Crippen LogP contribution in [0, 0.1) is 0 Å². The number of hydrogen-bond donors (Lipinski definition) is 1. The third kappa shape index (κ3) is 2.93. The number of hydrogen-bond acceptors (Lipinski definition) is 5. The zero-order valence-electron chi connectivity index (χ0n) is 15.0. The summed E-state index contributed by atoms with van der Waals surface area (Å²) in [4.78, 5) is 16.7. The van der Waals surface area contributed by atoms with Gasteiger partial charge in [0, 0.05) is 17.7 Å². The molecule has 6 nitrogen and oxygen atoms in total. The van der Waals surface area contributed by atoms with Crippen LogP contribution >= 0.6 is 0 Å². The number of aromatic nitrogens is 3. The molecule has 1 aromatic carbocycles. The van der Waals surface area contributed by atoms with Gasteiger partial charge in [-0.1, -0.05) is 30.3 Å². The van der Waals surface area contributed by atoms with E-state index in [-0.39, 0.29) is 24.1 Å². The number of ketones is 1. The van der Waals surface area contributed by atoms with Gasteiger partial charge in [-0.2, -0.15) is 18.2 Å². The van der Waals surface area contributed by atoms with Gasteiger partial charge < -0.3 is 9.73 Å². The minimum Gasteiger partial charge on any atom is -0.467 e. The van der Waals surface area contributed by atoms with Gasteiger partial charge >= 0.3 is 6.18 Å². The van der Waals surface area contributed by atoms with E-state index in [1.807, 2.05) is 30.3 Å². The number of halogens is 3. The lowest BCUT2D eigenvalue weighted by Gasteiger charge is -2.34. The van der Waals surface area contributed by atoms with Crippen molar-refractivity contribution >= 4 is 11.7 Å². The highest BCUT2D eigenvalue weighted by Crippen LogP contribution is 2.44. The van der Waals surface area contributed by atoms with E-state index < -0.39 is 18.0 Å². The van der Waals surface area contributed by atoms with Crippen LogP contribution in [0.4, 0.5) is 19.1 Å². The fraction of sp³-hybridized carbons (Fsp3) is 0.250. The number of carbonyl (C=O) groups excluding carboxylic acids is 1. The molecule has 9 heteroatoms. The quantitative estimate of drug-likeness (QED) is 0.694. The van der Waals surface area contributed by atoms with Crippen LogP contribution < -0.4 is 5.32 Å². The number of anilines is 1. The van der Waals surface area contributed by atoms with Crippen LogP contribution in [0.15, 0.2) is 64.4 Å². The largest absolute Gasteiger partial charge is 0.467 e. The van der Waals surface area contributed by atoms with Crippen molar-refractivity contribution < 1.29 is 22.4 Å². The van der Waals surface area contributed by atoms with Gasteiger partial charge in [0.2, 0.25) is 5.95 Å². The molecule has 0 amide bonds. The van der Waals surface area contributed by atoms with Crippen LogP contribution in [0.25, 0.3) is 0 Å². The van der Waals surface area contributed by atoms with Gasteiger partial charge in [0.25, 0.3) is 5.82 Å². The van der Waals surface area contributed by atoms with Gasteiger partial charge in [-0.25, -0.2) is 4.68 Å². The summed E-state index contributed by atoms with van der Waals surface area (Å²) in [6.45, 7) is 0. The van der Waals surface area contributed by atoms with Gasteiger partial charge in [0.1, 0.15) is 11.8 Å². The molecular weight excluding hydrogens is 385 g/mol. The zero-order chi connectivity index (χ0) is 20.2. The minimum atomic E-state index is -4.70. The fourth-order valence-electron chi connectivity index (χ4n) is 4.00. The molecule has 0 spiro atoms. The van der Waals surface area contributed by atoms with Crippen molar-refractivity contribution in [1.29, 1.82) is 0 Å². The van der Waals surface area contributed by atoms with Gasteiger partial charge in [0.15, 0.2) is 5.78 Å². The van der Waals surface area contributed by atoms with Gasteiger partial charge in [-0.3, -0.25) is 4.79 Å². The van der Waals surface area contributed by atoms with Crippen LogP contribution in [0.1, 0.15) is 41.9 Å². The van der Waals surface area contributed by atoms with E-state index in [0.29, 0.717) is 23.5 Å². The minimum absolute atomic E-state index is 0.0565. The molecule has 2 aliphatic rings. The molecule has 1 N–H and O–H groups in total. The number of allylic oxidation sites excluding steroid dienone is 2. The summed E-state index contributed by atoms with van der Waals surface area (Å²) in [6.07, 6.45) is -2.54. The lowest BCUT2D eigenvalue weighted by atomic mass is 9.79. The third-order valence-corrected chi connectivity index (χ3v) is 5.26. The average Bonchev–Trinajstić information content (AvgIpc) is 3.36. The standard InChI is InChI=1S/C20H15F3N4O2/c21-20(22,23)18-25-19-24-13-9-12(11-5-2-1-3-6-11)10-14(28)16(13)17(27(19)26-18)15-7-4-8-29-15/h1-8,12,17H,9-10H2,(H,24,25,26)/t12-,17-/m1/s1. The number of benzene rings is 1. The summed E-state index contributed by atoms with van der Waals surface area (Å²) in [5.74, 6) is -1.19. The van der Waals surface area contributed by atoms with Crippen molar-refractivity contribution in [3.8, 4) is 0 Å². The lowest BCUT2D eigenvalue weighted by Crippen LogP contribution is -2.33. The lowest BCUT2D eigenvalue weighted by molar-refractivity contribution is -0.145. The Morgan fingerprint density at radius 2 is 1.90 bits per heavy atom. The molecule has 2 atom stereocenters. The summed E-state index contributed by atoms with van der Waals surface area (Å²) in [7, 11) is 0. The van der Waals surface area contributed by atoms with E-state index in [1.54, 1.807) is 12.1 Å². The molecule has 0 saturated carbocycles. The number of fused-ring (bicyclic) bond motifs is 1. The molecule has 0 radical (unpaired) electrons. The topological polar surface area (TPSA) is 73.0 Å². The van der Waals surface area contributed by atoms with E-state index in [9.17, 15) is 18.0 Å². The molecule has 29 heavy (non-hydrogen) atoms. The second-order valence-electron chi connectivity index (χ2n) is 7.08. The van der Waals surface area contributed by atoms with Crippen molar-refractivity contribution in [1.82, 2.24) is 14.8 Å². The first-order valence-corrected chi connectivity index (χ1v) is 9.07. The normalized spacial score (nSPS) is 21.6. The maximum absolute atomic E-state index is 13.2. The Bertz CT molecular complexity index is 1100. The Labute approximate surface area is 163 Å². The summed E-state index contributed by atoms with van der Waals surface area (Å²) >= 11 is 0. The summed E-state index contributed by atoms with van der Waals surface area (Å²) in [5.41, 5.74) is 1.94. The Morgan fingerprint density at radius 1 is 1.10 bits per heavy atom. The summed E-state index contributed by atoms with van der Waals surface area (Å²) in [5, 5.41) is 6.55. The molecular formula is C20H15F3N4O2. The maximum Gasteiger partial charge on any atom is 0.453 e. The van der Waals surface area contributed by atoms with E-state index >= 15 is 0 Å². The summed E-state index contributed by atoms with van der Waals surface area (Å²) < 4.78 is 46.1. The van der Waals surface area contributed by atoms with Crippen molar-refractivity contribution in [2.45, 2.75) is 31.0 Å². The number of nitrogens with one attached hydrogen (secondary N) is 1. The van der Waals surface area contributed by atoms with Gasteiger partial charge in [-0.05, 0) is 30.0 Å². The molecule has 3 aromatic rings. The second kappa shape index (κ2) is 6.33. The first-order valence-electron chi connectivity index (χ1n) is 9.07. The molecule has 1 aliphatic heterocycles. The SMILES string of the molecule is O=C1C[C@H](c2ccccc2)CC2=C1[C@@H](c1ccco1)n1nc(C(F)(F)F)nc1N2. The van der Waals surface area contributed by atoms with Crippen LogP contribution in [0.5, 0.6) is 0 Å².